The molecule has 0 amide bonds. The Bertz CT molecular complexity index is 190. The second-order valence-corrected chi connectivity index (χ2v) is 2.35. The van der Waals surface area contributed by atoms with E-state index < -0.39 is 11.7 Å². The van der Waals surface area contributed by atoms with Crippen LogP contribution in [0.25, 0.3) is 0 Å². The lowest BCUT2D eigenvalue weighted by Crippen LogP contribution is -2.30. The number of rotatable bonds is 0. The Morgan fingerprint density at radius 2 is 2.56 bits per heavy atom. The van der Waals surface area contributed by atoms with Gasteiger partial charge in [0.05, 0.1) is 6.61 Å². The van der Waals surface area contributed by atoms with Crippen molar-refractivity contribution in [3.63, 3.8) is 0 Å². The minimum absolute atomic E-state index is 0.102. The molecule has 3 heteroatoms. The summed E-state index contributed by atoms with van der Waals surface area (Å²) in [6, 6.07) is 0. The van der Waals surface area contributed by atoms with Crippen molar-refractivity contribution in [2.24, 2.45) is 0 Å². The molecule has 9 heavy (non-hydrogen) atoms. The van der Waals surface area contributed by atoms with E-state index in [0.29, 0.717) is 6.61 Å². The molecular formula is C6H6O3. The molecule has 0 bridgehead atoms. The van der Waals surface area contributed by atoms with Crippen LogP contribution in [0.3, 0.4) is 0 Å². The summed E-state index contributed by atoms with van der Waals surface area (Å²) in [6.07, 6.45) is 2.14. The van der Waals surface area contributed by atoms with E-state index in [-0.39, 0.29) is 5.78 Å². The fourth-order valence-corrected chi connectivity index (χ4v) is 1.01. The zero-order chi connectivity index (χ0) is 6.48. The summed E-state index contributed by atoms with van der Waals surface area (Å²) >= 11 is 0. The van der Waals surface area contributed by atoms with Crippen LogP contribution >= 0.6 is 0 Å². The minimum Gasteiger partial charge on any atom is -0.385 e. The van der Waals surface area contributed by atoms with E-state index in [9.17, 15) is 4.79 Å². The summed E-state index contributed by atoms with van der Waals surface area (Å²) in [4.78, 5) is 10.8. The Morgan fingerprint density at radius 1 is 1.89 bits per heavy atom. The lowest BCUT2D eigenvalue weighted by atomic mass is 10.1. The first-order valence-corrected chi connectivity index (χ1v) is 2.80. The molecule has 1 spiro atoms. The van der Waals surface area contributed by atoms with E-state index in [0.717, 1.165) is 0 Å². The van der Waals surface area contributed by atoms with Crippen LogP contribution in [0, 0.1) is 0 Å². The lowest BCUT2D eigenvalue weighted by Gasteiger charge is -2.03. The van der Waals surface area contributed by atoms with Crippen LogP contribution in [-0.2, 0) is 9.53 Å². The first kappa shape index (κ1) is 5.14. The maximum atomic E-state index is 10.8. The zero-order valence-electron chi connectivity index (χ0n) is 4.70. The van der Waals surface area contributed by atoms with E-state index in [1.807, 2.05) is 0 Å². The van der Waals surface area contributed by atoms with Gasteiger partial charge in [0.25, 0.3) is 0 Å². The van der Waals surface area contributed by atoms with Crippen molar-refractivity contribution in [1.82, 2.24) is 0 Å². The van der Waals surface area contributed by atoms with E-state index in [1.165, 1.54) is 12.2 Å². The van der Waals surface area contributed by atoms with Crippen molar-refractivity contribution in [2.75, 3.05) is 6.61 Å². The molecular weight excluding hydrogens is 120 g/mol. The molecule has 0 aromatic rings. The molecule has 1 aliphatic carbocycles. The number of carbonyl (C=O) groups is 1. The van der Waals surface area contributed by atoms with Gasteiger partial charge in [0.15, 0.2) is 11.4 Å². The van der Waals surface area contributed by atoms with Gasteiger partial charge in [0.1, 0.15) is 6.10 Å². The number of carbonyl (C=O) groups excluding carboxylic acids is 1. The van der Waals surface area contributed by atoms with Gasteiger partial charge in [-0.3, -0.25) is 4.79 Å². The smallest absolute Gasteiger partial charge is 0.192 e. The fourth-order valence-electron chi connectivity index (χ4n) is 1.01. The Hall–Kier alpha value is -0.670. The number of epoxide rings is 1. The topological polar surface area (TPSA) is 49.8 Å². The monoisotopic (exact) mass is 126 g/mol. The molecule has 0 aromatic heterocycles. The molecule has 1 aliphatic heterocycles. The van der Waals surface area contributed by atoms with Gasteiger partial charge in [0, 0.05) is 0 Å². The van der Waals surface area contributed by atoms with Gasteiger partial charge in [-0.2, -0.15) is 0 Å². The number of hydrogen-bond acceptors (Lipinski definition) is 3. The first-order chi connectivity index (χ1) is 4.26. The quantitative estimate of drug-likeness (QED) is 0.435. The van der Waals surface area contributed by atoms with Gasteiger partial charge >= 0.3 is 0 Å². The fraction of sp³-hybridized carbons (Fsp3) is 0.500. The molecule has 3 nitrogen and oxygen atoms in total. The second kappa shape index (κ2) is 1.25. The van der Waals surface area contributed by atoms with E-state index in [2.05, 4.69) is 0 Å². The molecule has 2 atom stereocenters. The first-order valence-electron chi connectivity index (χ1n) is 2.80. The van der Waals surface area contributed by atoms with Crippen LogP contribution in [0.15, 0.2) is 12.2 Å². The number of aliphatic hydroxyl groups is 1. The molecule has 0 radical (unpaired) electrons. The zero-order valence-corrected chi connectivity index (χ0v) is 4.70. The molecule has 1 heterocycles. The standard InChI is InChI=1S/C6H6O3/c7-4-1-2-5(8)6(4)3-9-6/h1-2,4,7H,3H2/t4-,6+/m1/s1. The number of ketones is 1. The van der Waals surface area contributed by atoms with Crippen molar-refractivity contribution < 1.29 is 14.6 Å². The average Bonchev–Trinajstić information content (AvgIpc) is 2.56. The molecule has 1 saturated heterocycles. The summed E-state index contributed by atoms with van der Waals surface area (Å²) in [5.41, 5.74) is -0.833. The molecule has 0 aromatic carbocycles. The van der Waals surface area contributed by atoms with Crippen LogP contribution in [0.1, 0.15) is 0 Å². The molecule has 0 saturated carbocycles. The SMILES string of the molecule is O=C1C=C[C@@H](O)[C@@]12CO2. The van der Waals surface area contributed by atoms with Gasteiger partial charge < -0.3 is 9.84 Å². The largest absolute Gasteiger partial charge is 0.385 e. The van der Waals surface area contributed by atoms with Crippen molar-refractivity contribution in [3.8, 4) is 0 Å². The van der Waals surface area contributed by atoms with Crippen LogP contribution in [0.4, 0.5) is 0 Å². The van der Waals surface area contributed by atoms with Gasteiger partial charge in [0.2, 0.25) is 0 Å². The predicted octanol–water partition coefficient (Wildman–Crippen LogP) is -0.745. The van der Waals surface area contributed by atoms with Gasteiger partial charge in [-0.1, -0.05) is 0 Å². The Labute approximate surface area is 51.9 Å². The van der Waals surface area contributed by atoms with E-state index in [4.69, 9.17) is 9.84 Å². The van der Waals surface area contributed by atoms with Gasteiger partial charge in [-0.05, 0) is 12.2 Å². The average molecular weight is 126 g/mol. The van der Waals surface area contributed by atoms with Crippen molar-refractivity contribution in [1.29, 1.82) is 0 Å². The van der Waals surface area contributed by atoms with Gasteiger partial charge in [-0.25, -0.2) is 0 Å². The van der Waals surface area contributed by atoms with Crippen LogP contribution < -0.4 is 0 Å². The molecule has 2 aliphatic rings. The van der Waals surface area contributed by atoms with Crippen LogP contribution in [-0.4, -0.2) is 29.2 Å². The second-order valence-electron chi connectivity index (χ2n) is 2.35. The maximum absolute atomic E-state index is 10.8. The minimum atomic E-state index is -0.833. The summed E-state index contributed by atoms with van der Waals surface area (Å²) in [5.74, 6) is -0.102. The molecule has 48 valence electrons. The highest BCUT2D eigenvalue weighted by Crippen LogP contribution is 2.36. The predicted molar refractivity (Wildman–Crippen MR) is 28.8 cm³/mol. The van der Waals surface area contributed by atoms with E-state index in [1.54, 1.807) is 0 Å². The Morgan fingerprint density at radius 3 is 2.78 bits per heavy atom. The molecule has 0 unspecified atom stereocenters. The van der Waals surface area contributed by atoms with Gasteiger partial charge in [-0.15, -0.1) is 0 Å². The van der Waals surface area contributed by atoms with Crippen molar-refractivity contribution >= 4 is 5.78 Å². The summed E-state index contributed by atoms with van der Waals surface area (Å²) in [5, 5.41) is 9.06. The molecule has 2 rings (SSSR count). The normalized spacial score (nSPS) is 46.8. The summed E-state index contributed by atoms with van der Waals surface area (Å²) < 4.78 is 4.82. The van der Waals surface area contributed by atoms with Crippen molar-refractivity contribution in [2.45, 2.75) is 11.7 Å². The Kier molecular flexibility index (Phi) is 0.714. The number of hydrogen-bond donors (Lipinski definition) is 1. The third-order valence-electron chi connectivity index (χ3n) is 1.78. The lowest BCUT2D eigenvalue weighted by molar-refractivity contribution is -0.120. The summed E-state index contributed by atoms with van der Waals surface area (Å²) in [6.45, 7) is 0.375. The van der Waals surface area contributed by atoms with Crippen LogP contribution in [0.2, 0.25) is 0 Å². The highest BCUT2D eigenvalue weighted by Gasteiger charge is 2.58. The molecule has 1 fully saturated rings. The summed E-state index contributed by atoms with van der Waals surface area (Å²) in [7, 11) is 0. The number of aliphatic hydroxyl groups excluding tert-OH is 1. The maximum Gasteiger partial charge on any atom is 0.192 e. The van der Waals surface area contributed by atoms with Crippen LogP contribution in [0.5, 0.6) is 0 Å². The van der Waals surface area contributed by atoms with Crippen molar-refractivity contribution in [3.05, 3.63) is 12.2 Å². The number of ether oxygens (including phenoxy) is 1. The third-order valence-corrected chi connectivity index (χ3v) is 1.78. The highest BCUT2D eigenvalue weighted by atomic mass is 16.6. The highest BCUT2D eigenvalue weighted by molar-refractivity contribution is 6.02. The Balaban J connectivity index is 2.34. The molecule has 1 N–H and O–H groups in total. The van der Waals surface area contributed by atoms with E-state index >= 15 is 0 Å². The third kappa shape index (κ3) is 0.458.